The standard InChI is InChI=1S/C9H18N4S/c1-3-10-5-4-6-11-7-9-8(2)12-13-14-9/h10-11H,3-7H2,1-2H3. The van der Waals surface area contributed by atoms with Crippen molar-refractivity contribution < 1.29 is 0 Å². The van der Waals surface area contributed by atoms with Gasteiger partial charge in [0.2, 0.25) is 0 Å². The molecule has 0 unspecified atom stereocenters. The molecule has 0 aliphatic rings. The van der Waals surface area contributed by atoms with Crippen LogP contribution in [-0.4, -0.2) is 29.2 Å². The summed E-state index contributed by atoms with van der Waals surface area (Å²) in [5.41, 5.74) is 1.05. The molecule has 5 heteroatoms. The van der Waals surface area contributed by atoms with Crippen molar-refractivity contribution in [3.63, 3.8) is 0 Å². The average Bonchev–Trinajstić information content (AvgIpc) is 2.58. The molecule has 0 saturated carbocycles. The molecule has 0 bridgehead atoms. The third-order valence-electron chi connectivity index (χ3n) is 1.99. The Morgan fingerprint density at radius 2 is 2.07 bits per heavy atom. The van der Waals surface area contributed by atoms with Gasteiger partial charge >= 0.3 is 0 Å². The maximum absolute atomic E-state index is 3.96. The van der Waals surface area contributed by atoms with Crippen molar-refractivity contribution in [2.24, 2.45) is 0 Å². The number of nitrogens with one attached hydrogen (secondary N) is 2. The minimum absolute atomic E-state index is 0.898. The van der Waals surface area contributed by atoms with Gasteiger partial charge in [0.05, 0.1) is 10.6 Å². The fraction of sp³-hybridized carbons (Fsp3) is 0.778. The van der Waals surface area contributed by atoms with E-state index >= 15 is 0 Å². The summed E-state index contributed by atoms with van der Waals surface area (Å²) in [6.45, 7) is 8.21. The van der Waals surface area contributed by atoms with Crippen molar-refractivity contribution in [3.8, 4) is 0 Å². The van der Waals surface area contributed by atoms with E-state index in [1.807, 2.05) is 6.92 Å². The van der Waals surface area contributed by atoms with Crippen LogP contribution in [0.3, 0.4) is 0 Å². The zero-order chi connectivity index (χ0) is 10.2. The van der Waals surface area contributed by atoms with Gasteiger partial charge in [0.25, 0.3) is 0 Å². The van der Waals surface area contributed by atoms with Gasteiger partial charge in [-0.15, -0.1) is 5.10 Å². The summed E-state index contributed by atoms with van der Waals surface area (Å²) in [6.07, 6.45) is 1.17. The molecule has 0 amide bonds. The highest BCUT2D eigenvalue weighted by Gasteiger charge is 2.00. The monoisotopic (exact) mass is 214 g/mol. The highest BCUT2D eigenvalue weighted by molar-refractivity contribution is 7.05. The van der Waals surface area contributed by atoms with Crippen LogP contribution in [0.2, 0.25) is 0 Å². The number of hydrogen-bond acceptors (Lipinski definition) is 5. The first-order chi connectivity index (χ1) is 6.84. The lowest BCUT2D eigenvalue weighted by atomic mass is 10.3. The molecule has 1 heterocycles. The van der Waals surface area contributed by atoms with Crippen molar-refractivity contribution in [1.82, 2.24) is 20.2 Å². The first-order valence-electron chi connectivity index (χ1n) is 5.04. The Hall–Kier alpha value is -0.520. The molecule has 80 valence electrons. The van der Waals surface area contributed by atoms with E-state index in [0.717, 1.165) is 31.9 Å². The largest absolute Gasteiger partial charge is 0.317 e. The molecule has 14 heavy (non-hydrogen) atoms. The molecule has 2 N–H and O–H groups in total. The summed E-state index contributed by atoms with van der Waals surface area (Å²) in [6, 6.07) is 0. The summed E-state index contributed by atoms with van der Waals surface area (Å²) >= 11 is 1.48. The second-order valence-electron chi connectivity index (χ2n) is 3.17. The first-order valence-corrected chi connectivity index (χ1v) is 5.81. The van der Waals surface area contributed by atoms with Gasteiger partial charge in [-0.1, -0.05) is 11.4 Å². The number of aryl methyl sites for hydroxylation is 1. The van der Waals surface area contributed by atoms with E-state index in [1.165, 1.54) is 22.8 Å². The quantitative estimate of drug-likeness (QED) is 0.663. The topological polar surface area (TPSA) is 49.8 Å². The molecule has 0 radical (unpaired) electrons. The van der Waals surface area contributed by atoms with Gasteiger partial charge < -0.3 is 10.6 Å². The Balaban J connectivity index is 2.02. The van der Waals surface area contributed by atoms with E-state index in [9.17, 15) is 0 Å². The van der Waals surface area contributed by atoms with Crippen LogP contribution in [0.15, 0.2) is 0 Å². The summed E-state index contributed by atoms with van der Waals surface area (Å²) in [4.78, 5) is 1.24. The van der Waals surface area contributed by atoms with Gasteiger partial charge in [-0.3, -0.25) is 0 Å². The van der Waals surface area contributed by atoms with Crippen molar-refractivity contribution in [2.45, 2.75) is 26.8 Å². The van der Waals surface area contributed by atoms with Crippen LogP contribution in [0.5, 0.6) is 0 Å². The fourth-order valence-electron chi connectivity index (χ4n) is 1.13. The molecule has 0 fully saturated rings. The Labute approximate surface area is 89.3 Å². The van der Waals surface area contributed by atoms with Gasteiger partial charge in [0, 0.05) is 6.54 Å². The molecule has 0 saturated heterocycles. The van der Waals surface area contributed by atoms with Gasteiger partial charge in [0.15, 0.2) is 0 Å². The highest BCUT2D eigenvalue weighted by atomic mass is 32.1. The molecule has 4 nitrogen and oxygen atoms in total. The smallest absolute Gasteiger partial charge is 0.0769 e. The maximum atomic E-state index is 3.96. The van der Waals surface area contributed by atoms with Crippen LogP contribution in [0.25, 0.3) is 0 Å². The Morgan fingerprint density at radius 3 is 2.71 bits per heavy atom. The predicted octanol–water partition coefficient (Wildman–Crippen LogP) is 0.936. The number of rotatable bonds is 7. The minimum Gasteiger partial charge on any atom is -0.317 e. The Morgan fingerprint density at radius 1 is 1.29 bits per heavy atom. The average molecular weight is 214 g/mol. The Kier molecular flexibility index (Phi) is 5.66. The third-order valence-corrected chi connectivity index (χ3v) is 2.81. The lowest BCUT2D eigenvalue weighted by Crippen LogP contribution is -2.21. The van der Waals surface area contributed by atoms with E-state index in [1.54, 1.807) is 0 Å². The molecule has 0 aliphatic heterocycles. The van der Waals surface area contributed by atoms with E-state index in [4.69, 9.17) is 0 Å². The lowest BCUT2D eigenvalue weighted by molar-refractivity contribution is 0.608. The molecule has 1 aromatic rings. The molecule has 0 aliphatic carbocycles. The third kappa shape index (κ3) is 4.13. The van der Waals surface area contributed by atoms with Gasteiger partial charge in [0.1, 0.15) is 0 Å². The molecular formula is C9H18N4S. The highest BCUT2D eigenvalue weighted by Crippen LogP contribution is 2.07. The predicted molar refractivity (Wildman–Crippen MR) is 59.5 cm³/mol. The fourth-order valence-corrected chi connectivity index (χ4v) is 1.73. The molecule has 1 aromatic heterocycles. The van der Waals surface area contributed by atoms with Crippen LogP contribution in [0.4, 0.5) is 0 Å². The molecule has 0 atom stereocenters. The van der Waals surface area contributed by atoms with Crippen molar-refractivity contribution in [1.29, 1.82) is 0 Å². The Bertz CT molecular complexity index is 249. The van der Waals surface area contributed by atoms with E-state index in [0.29, 0.717) is 0 Å². The summed E-state index contributed by atoms with van der Waals surface area (Å²) in [7, 11) is 0. The van der Waals surface area contributed by atoms with E-state index in [-0.39, 0.29) is 0 Å². The molecule has 1 rings (SSSR count). The normalized spacial score (nSPS) is 10.7. The summed E-state index contributed by atoms with van der Waals surface area (Å²) in [5.74, 6) is 0. The van der Waals surface area contributed by atoms with Crippen LogP contribution in [0, 0.1) is 6.92 Å². The molecule has 0 spiro atoms. The van der Waals surface area contributed by atoms with Gasteiger partial charge in [-0.05, 0) is 44.5 Å². The van der Waals surface area contributed by atoms with Gasteiger partial charge in [-0.2, -0.15) is 0 Å². The van der Waals surface area contributed by atoms with Gasteiger partial charge in [-0.25, -0.2) is 0 Å². The number of hydrogen-bond donors (Lipinski definition) is 2. The van der Waals surface area contributed by atoms with Crippen molar-refractivity contribution in [3.05, 3.63) is 10.6 Å². The SMILES string of the molecule is CCNCCCNCc1snnc1C. The zero-order valence-electron chi connectivity index (χ0n) is 8.84. The van der Waals surface area contributed by atoms with Crippen LogP contribution < -0.4 is 10.6 Å². The molecule has 0 aromatic carbocycles. The van der Waals surface area contributed by atoms with E-state index in [2.05, 4.69) is 27.1 Å². The van der Waals surface area contributed by atoms with Crippen LogP contribution >= 0.6 is 11.5 Å². The zero-order valence-corrected chi connectivity index (χ0v) is 9.65. The van der Waals surface area contributed by atoms with E-state index < -0.39 is 0 Å². The second kappa shape index (κ2) is 6.86. The van der Waals surface area contributed by atoms with Crippen LogP contribution in [-0.2, 0) is 6.54 Å². The number of aromatic nitrogens is 2. The minimum atomic E-state index is 0.898. The summed E-state index contributed by atoms with van der Waals surface area (Å²) in [5, 5.41) is 10.6. The second-order valence-corrected chi connectivity index (χ2v) is 4.00. The number of nitrogens with zero attached hydrogens (tertiary/aromatic N) is 2. The molecular weight excluding hydrogens is 196 g/mol. The first kappa shape index (κ1) is 11.6. The van der Waals surface area contributed by atoms with Crippen molar-refractivity contribution >= 4 is 11.5 Å². The van der Waals surface area contributed by atoms with Crippen LogP contribution in [0.1, 0.15) is 23.9 Å². The lowest BCUT2D eigenvalue weighted by Gasteiger charge is -2.03. The summed E-state index contributed by atoms with van der Waals surface area (Å²) < 4.78 is 3.89. The van der Waals surface area contributed by atoms with Crippen molar-refractivity contribution in [2.75, 3.05) is 19.6 Å². The maximum Gasteiger partial charge on any atom is 0.0769 e.